The van der Waals surface area contributed by atoms with Crippen LogP contribution in [0.1, 0.15) is 32.1 Å². The number of para-hydroxylation sites is 1. The van der Waals surface area contributed by atoms with E-state index in [9.17, 15) is 9.59 Å². The molecule has 1 aliphatic heterocycles. The van der Waals surface area contributed by atoms with Gasteiger partial charge in [-0.25, -0.2) is 0 Å². The maximum atomic E-state index is 12.6. The van der Waals surface area contributed by atoms with Gasteiger partial charge in [0, 0.05) is 26.2 Å². The number of benzene rings is 1. The van der Waals surface area contributed by atoms with Crippen LogP contribution in [0.5, 0.6) is 0 Å². The topological polar surface area (TPSA) is 83.4 Å². The molecule has 4 rings (SSSR count). The molecule has 9 heteroatoms. The van der Waals surface area contributed by atoms with Gasteiger partial charge in [-0.2, -0.15) is 0 Å². The van der Waals surface area contributed by atoms with Crippen molar-refractivity contribution in [3.05, 3.63) is 30.3 Å². The molecule has 1 saturated heterocycles. The highest BCUT2D eigenvalue weighted by Crippen LogP contribution is 2.28. The Bertz CT molecular complexity index is 877. The summed E-state index contributed by atoms with van der Waals surface area (Å²) in [7, 11) is 1.66. The third-order valence-electron chi connectivity index (χ3n) is 5.34. The van der Waals surface area contributed by atoms with E-state index in [1.54, 1.807) is 7.05 Å². The number of aromatic nitrogens is 3. The van der Waals surface area contributed by atoms with Crippen LogP contribution in [0.25, 0.3) is 5.69 Å². The fourth-order valence-corrected chi connectivity index (χ4v) is 4.39. The lowest BCUT2D eigenvalue weighted by molar-refractivity contribution is -0.132. The SMILES string of the molecule is CN(CC(=O)NC1CC1)C(=O)CSc1nnc(N2CCCCC2)n1-c1ccccc1. The van der Waals surface area contributed by atoms with Gasteiger partial charge >= 0.3 is 0 Å². The van der Waals surface area contributed by atoms with Gasteiger partial charge in [-0.3, -0.25) is 14.2 Å². The average Bonchev–Trinajstić information content (AvgIpc) is 3.48. The summed E-state index contributed by atoms with van der Waals surface area (Å²) in [6.45, 7) is 2.01. The van der Waals surface area contributed by atoms with Gasteiger partial charge in [0.25, 0.3) is 0 Å². The molecule has 1 aromatic carbocycles. The highest BCUT2D eigenvalue weighted by molar-refractivity contribution is 7.99. The number of anilines is 1. The minimum atomic E-state index is -0.104. The standard InChI is InChI=1S/C21H28N6O2S/c1-25(14-18(28)22-16-10-11-16)19(29)15-30-21-24-23-20(26-12-6-3-7-13-26)27(21)17-8-4-2-5-9-17/h2,4-5,8-9,16H,3,6-7,10-15H2,1H3,(H,22,28). The van der Waals surface area contributed by atoms with Crippen molar-refractivity contribution in [2.45, 2.75) is 43.3 Å². The van der Waals surface area contributed by atoms with Crippen LogP contribution in [0.15, 0.2) is 35.5 Å². The fourth-order valence-electron chi connectivity index (χ4n) is 3.50. The second-order valence-corrected chi connectivity index (χ2v) is 8.82. The van der Waals surface area contributed by atoms with Crippen LogP contribution in [0.3, 0.4) is 0 Å². The molecule has 1 N–H and O–H groups in total. The number of rotatable bonds is 8. The van der Waals surface area contributed by atoms with Crippen LogP contribution < -0.4 is 10.2 Å². The quantitative estimate of drug-likeness (QED) is 0.648. The lowest BCUT2D eigenvalue weighted by atomic mass is 10.1. The van der Waals surface area contributed by atoms with Crippen LogP contribution in [0.4, 0.5) is 5.95 Å². The first-order valence-corrected chi connectivity index (χ1v) is 11.5. The molecular weight excluding hydrogens is 400 g/mol. The van der Waals surface area contributed by atoms with Crippen molar-refractivity contribution in [2.75, 3.05) is 37.3 Å². The van der Waals surface area contributed by atoms with Crippen molar-refractivity contribution >= 4 is 29.5 Å². The average molecular weight is 429 g/mol. The summed E-state index contributed by atoms with van der Waals surface area (Å²) in [5.74, 6) is 0.831. The van der Waals surface area contributed by atoms with E-state index in [2.05, 4.69) is 20.4 Å². The molecule has 0 atom stereocenters. The highest BCUT2D eigenvalue weighted by atomic mass is 32.2. The maximum Gasteiger partial charge on any atom is 0.239 e. The fraction of sp³-hybridized carbons (Fsp3) is 0.524. The maximum absolute atomic E-state index is 12.6. The number of carbonyl (C=O) groups excluding carboxylic acids is 2. The zero-order valence-electron chi connectivity index (χ0n) is 17.3. The van der Waals surface area contributed by atoms with Gasteiger partial charge in [-0.15, -0.1) is 10.2 Å². The Labute approximate surface area is 181 Å². The van der Waals surface area contributed by atoms with Gasteiger partial charge < -0.3 is 15.1 Å². The summed E-state index contributed by atoms with van der Waals surface area (Å²) >= 11 is 1.36. The van der Waals surface area contributed by atoms with Gasteiger partial charge in [0.05, 0.1) is 18.0 Å². The number of hydrogen-bond acceptors (Lipinski definition) is 6. The van der Waals surface area contributed by atoms with Gasteiger partial charge in [0.2, 0.25) is 17.8 Å². The third-order valence-corrected chi connectivity index (χ3v) is 6.26. The number of piperidine rings is 1. The molecule has 1 saturated carbocycles. The Morgan fingerprint density at radius 2 is 1.87 bits per heavy atom. The lowest BCUT2D eigenvalue weighted by Gasteiger charge is -2.27. The number of nitrogens with one attached hydrogen (secondary N) is 1. The van der Waals surface area contributed by atoms with Crippen LogP contribution in [-0.2, 0) is 9.59 Å². The summed E-state index contributed by atoms with van der Waals surface area (Å²) in [6.07, 6.45) is 5.61. The van der Waals surface area contributed by atoms with Crippen molar-refractivity contribution in [2.24, 2.45) is 0 Å². The molecule has 0 unspecified atom stereocenters. The number of thioether (sulfide) groups is 1. The van der Waals surface area contributed by atoms with Crippen molar-refractivity contribution in [1.29, 1.82) is 0 Å². The number of carbonyl (C=O) groups is 2. The van der Waals surface area contributed by atoms with Gasteiger partial charge in [-0.05, 0) is 44.2 Å². The summed E-state index contributed by atoms with van der Waals surface area (Å²) in [4.78, 5) is 28.3. The summed E-state index contributed by atoms with van der Waals surface area (Å²) < 4.78 is 2.03. The molecule has 1 aromatic heterocycles. The molecule has 8 nitrogen and oxygen atoms in total. The Morgan fingerprint density at radius 1 is 1.13 bits per heavy atom. The largest absolute Gasteiger partial charge is 0.352 e. The normalized spacial score (nSPS) is 16.4. The van der Waals surface area contributed by atoms with E-state index in [1.807, 2.05) is 34.9 Å². The Hall–Kier alpha value is -2.55. The van der Waals surface area contributed by atoms with Crippen molar-refractivity contribution < 1.29 is 9.59 Å². The first kappa shape index (κ1) is 20.7. The molecule has 30 heavy (non-hydrogen) atoms. The molecule has 2 fully saturated rings. The summed E-state index contributed by atoms with van der Waals surface area (Å²) in [6, 6.07) is 10.3. The second-order valence-electron chi connectivity index (χ2n) is 7.88. The second kappa shape index (κ2) is 9.51. The highest BCUT2D eigenvalue weighted by Gasteiger charge is 2.25. The molecule has 2 aliphatic rings. The van der Waals surface area contributed by atoms with E-state index in [0.717, 1.165) is 50.4 Å². The number of nitrogens with zero attached hydrogens (tertiary/aromatic N) is 5. The van der Waals surface area contributed by atoms with Crippen LogP contribution in [0.2, 0.25) is 0 Å². The number of hydrogen-bond donors (Lipinski definition) is 1. The summed E-state index contributed by atoms with van der Waals surface area (Å²) in [5, 5.41) is 12.4. The van der Waals surface area contributed by atoms with E-state index in [4.69, 9.17) is 0 Å². The van der Waals surface area contributed by atoms with Gasteiger partial charge in [0.15, 0.2) is 5.16 Å². The van der Waals surface area contributed by atoms with Crippen LogP contribution in [0, 0.1) is 0 Å². The smallest absolute Gasteiger partial charge is 0.239 e. The zero-order valence-corrected chi connectivity index (χ0v) is 18.1. The molecule has 160 valence electrons. The minimum Gasteiger partial charge on any atom is -0.352 e. The molecule has 2 heterocycles. The van der Waals surface area contributed by atoms with E-state index in [1.165, 1.54) is 23.1 Å². The Kier molecular flexibility index (Phi) is 6.56. The monoisotopic (exact) mass is 428 g/mol. The van der Waals surface area contributed by atoms with E-state index in [0.29, 0.717) is 11.2 Å². The first-order valence-electron chi connectivity index (χ1n) is 10.5. The van der Waals surface area contributed by atoms with Gasteiger partial charge in [0.1, 0.15) is 0 Å². The molecule has 0 spiro atoms. The van der Waals surface area contributed by atoms with Gasteiger partial charge in [-0.1, -0.05) is 30.0 Å². The summed E-state index contributed by atoms with van der Waals surface area (Å²) in [5.41, 5.74) is 0.982. The van der Waals surface area contributed by atoms with Crippen molar-refractivity contribution in [1.82, 2.24) is 25.0 Å². The molecule has 1 aliphatic carbocycles. The molecular formula is C21H28N6O2S. The number of likely N-dealkylation sites (N-methyl/N-ethyl adjacent to an activating group) is 1. The predicted octanol–water partition coefficient (Wildman–Crippen LogP) is 2.09. The van der Waals surface area contributed by atoms with E-state index in [-0.39, 0.29) is 24.1 Å². The molecule has 2 amide bonds. The van der Waals surface area contributed by atoms with Crippen molar-refractivity contribution in [3.8, 4) is 5.69 Å². The molecule has 0 radical (unpaired) electrons. The Balaban J connectivity index is 1.44. The van der Waals surface area contributed by atoms with Crippen molar-refractivity contribution in [3.63, 3.8) is 0 Å². The van der Waals surface area contributed by atoms with E-state index >= 15 is 0 Å². The molecule has 0 bridgehead atoms. The first-order chi connectivity index (χ1) is 14.6. The molecule has 2 aromatic rings. The van der Waals surface area contributed by atoms with E-state index < -0.39 is 0 Å². The number of amides is 2. The Morgan fingerprint density at radius 3 is 2.57 bits per heavy atom. The van der Waals surface area contributed by atoms with Crippen LogP contribution in [-0.4, -0.2) is 70.0 Å². The van der Waals surface area contributed by atoms with Crippen LogP contribution >= 0.6 is 11.8 Å². The minimum absolute atomic E-state index is 0.0836. The predicted molar refractivity (Wildman–Crippen MR) is 117 cm³/mol. The third kappa shape index (κ3) is 5.13. The zero-order chi connectivity index (χ0) is 20.9. The lowest BCUT2D eigenvalue weighted by Crippen LogP contribution is -2.39.